The largest absolute Gasteiger partial charge is 0.457 e. The Morgan fingerprint density at radius 1 is 1.11 bits per heavy atom. The summed E-state index contributed by atoms with van der Waals surface area (Å²) in [5.74, 6) is -1.15. The van der Waals surface area contributed by atoms with E-state index in [1.165, 1.54) is 5.01 Å². The number of carbonyl (C=O) groups is 3. The zero-order valence-corrected chi connectivity index (χ0v) is 16.0. The molecule has 6 nitrogen and oxygen atoms in total. The van der Waals surface area contributed by atoms with Crippen LogP contribution in [0.1, 0.15) is 34.5 Å². The Kier molecular flexibility index (Phi) is 6.36. The van der Waals surface area contributed by atoms with E-state index in [0.29, 0.717) is 22.2 Å². The number of ketones is 1. The summed E-state index contributed by atoms with van der Waals surface area (Å²) in [7, 11) is 0. The van der Waals surface area contributed by atoms with Gasteiger partial charge in [-0.15, -0.1) is 11.3 Å². The van der Waals surface area contributed by atoms with E-state index in [-0.39, 0.29) is 31.1 Å². The first-order chi connectivity index (χ1) is 13.0. The van der Waals surface area contributed by atoms with Crippen LogP contribution < -0.4 is 0 Å². The molecule has 8 heteroatoms. The molecule has 2 aromatic rings. The summed E-state index contributed by atoms with van der Waals surface area (Å²) in [6, 6.07) is 12.9. The smallest absolute Gasteiger partial charge is 0.306 e. The number of hydrogen-bond acceptors (Lipinski definition) is 6. The average Bonchev–Trinajstić information content (AvgIpc) is 3.34. The van der Waals surface area contributed by atoms with Crippen molar-refractivity contribution in [2.75, 3.05) is 13.2 Å². The van der Waals surface area contributed by atoms with Crippen molar-refractivity contribution in [2.45, 2.75) is 19.3 Å². The highest BCUT2D eigenvalue weighted by Crippen LogP contribution is 2.21. The third-order valence-electron chi connectivity index (χ3n) is 3.95. The zero-order valence-electron chi connectivity index (χ0n) is 14.4. The van der Waals surface area contributed by atoms with Crippen LogP contribution in [0.15, 0.2) is 47.6 Å². The van der Waals surface area contributed by atoms with Crippen LogP contribution in [0.2, 0.25) is 4.34 Å². The normalized spacial score (nSPS) is 13.4. The van der Waals surface area contributed by atoms with Crippen molar-refractivity contribution in [3.05, 3.63) is 57.2 Å². The van der Waals surface area contributed by atoms with Gasteiger partial charge in [0.1, 0.15) is 0 Å². The molecule has 0 bridgehead atoms. The molecule has 0 saturated heterocycles. The van der Waals surface area contributed by atoms with Crippen LogP contribution in [-0.4, -0.2) is 41.5 Å². The van der Waals surface area contributed by atoms with Gasteiger partial charge in [0.2, 0.25) is 11.7 Å². The molecule has 0 unspecified atom stereocenters. The average molecular weight is 405 g/mol. The lowest BCUT2D eigenvalue weighted by Gasteiger charge is -2.10. The molecule has 1 aliphatic heterocycles. The number of ether oxygens (including phenoxy) is 1. The van der Waals surface area contributed by atoms with Crippen molar-refractivity contribution in [3.8, 4) is 0 Å². The Balaban J connectivity index is 1.43. The van der Waals surface area contributed by atoms with Crippen molar-refractivity contribution in [1.82, 2.24) is 5.01 Å². The van der Waals surface area contributed by atoms with Crippen LogP contribution in [-0.2, 0) is 14.3 Å². The minimum atomic E-state index is -0.592. The Bertz CT molecular complexity index is 879. The molecule has 0 fully saturated rings. The molecule has 0 saturated carbocycles. The SMILES string of the molecule is O=C(CCC(=O)N1CCC(c2ccccc2)=N1)OCC(=O)c1ccc(Cl)s1. The van der Waals surface area contributed by atoms with E-state index >= 15 is 0 Å². The van der Waals surface area contributed by atoms with Crippen molar-refractivity contribution in [3.63, 3.8) is 0 Å². The predicted octanol–water partition coefficient (Wildman–Crippen LogP) is 3.54. The van der Waals surface area contributed by atoms with Crippen LogP contribution in [0.3, 0.4) is 0 Å². The van der Waals surface area contributed by atoms with E-state index in [4.69, 9.17) is 16.3 Å². The number of carbonyl (C=O) groups excluding carboxylic acids is 3. The molecule has 0 atom stereocenters. The van der Waals surface area contributed by atoms with E-state index in [9.17, 15) is 14.4 Å². The number of Topliss-reactive ketones (excluding diaryl/α,β-unsaturated/α-hetero) is 1. The second-order valence-electron chi connectivity index (χ2n) is 5.87. The molecule has 0 N–H and O–H groups in total. The molecular formula is C19H17ClN2O4S. The number of rotatable bonds is 7. The molecule has 0 spiro atoms. The van der Waals surface area contributed by atoms with E-state index in [0.717, 1.165) is 22.6 Å². The zero-order chi connectivity index (χ0) is 19.2. The standard InChI is InChI=1S/C19H17ClN2O4S/c20-17-7-6-16(27-17)15(23)12-26-19(25)9-8-18(24)22-11-10-14(21-22)13-4-2-1-3-5-13/h1-7H,8-12H2. The Morgan fingerprint density at radius 2 is 1.89 bits per heavy atom. The predicted molar refractivity (Wildman–Crippen MR) is 103 cm³/mol. The monoisotopic (exact) mass is 404 g/mol. The van der Waals surface area contributed by atoms with E-state index in [1.807, 2.05) is 30.3 Å². The summed E-state index contributed by atoms with van der Waals surface area (Å²) in [6.07, 6.45) is 0.575. The number of hydrazone groups is 1. The third kappa shape index (κ3) is 5.24. The van der Waals surface area contributed by atoms with Crippen molar-refractivity contribution >= 4 is 46.3 Å². The number of amides is 1. The van der Waals surface area contributed by atoms with E-state index in [2.05, 4.69) is 5.10 Å². The highest BCUT2D eigenvalue weighted by Gasteiger charge is 2.22. The Labute approximate surface area is 165 Å². The van der Waals surface area contributed by atoms with Crippen LogP contribution in [0, 0.1) is 0 Å². The molecule has 1 aromatic carbocycles. The Hall–Kier alpha value is -2.51. The van der Waals surface area contributed by atoms with Crippen LogP contribution in [0.5, 0.6) is 0 Å². The molecular weight excluding hydrogens is 388 g/mol. The molecule has 2 heterocycles. The van der Waals surface area contributed by atoms with Gasteiger partial charge >= 0.3 is 5.97 Å². The summed E-state index contributed by atoms with van der Waals surface area (Å²) in [4.78, 5) is 36.3. The molecule has 1 amide bonds. The summed E-state index contributed by atoms with van der Waals surface area (Å²) in [5, 5.41) is 5.72. The first-order valence-corrected chi connectivity index (χ1v) is 9.60. The van der Waals surface area contributed by atoms with Gasteiger partial charge in [-0.25, -0.2) is 5.01 Å². The number of esters is 1. The lowest BCUT2D eigenvalue weighted by Crippen LogP contribution is -2.24. The van der Waals surface area contributed by atoms with Gasteiger partial charge in [0.05, 0.1) is 27.9 Å². The summed E-state index contributed by atoms with van der Waals surface area (Å²) in [6.45, 7) is 0.139. The summed E-state index contributed by atoms with van der Waals surface area (Å²) in [5.41, 5.74) is 1.84. The van der Waals surface area contributed by atoms with Crippen molar-refractivity contribution in [2.24, 2.45) is 5.10 Å². The lowest BCUT2D eigenvalue weighted by atomic mass is 10.1. The second-order valence-corrected chi connectivity index (χ2v) is 7.58. The van der Waals surface area contributed by atoms with E-state index in [1.54, 1.807) is 12.1 Å². The highest BCUT2D eigenvalue weighted by atomic mass is 35.5. The van der Waals surface area contributed by atoms with Gasteiger partial charge in [0, 0.05) is 12.8 Å². The lowest BCUT2D eigenvalue weighted by molar-refractivity contribution is -0.145. The number of hydrogen-bond donors (Lipinski definition) is 0. The first kappa shape index (κ1) is 19.3. The molecule has 3 rings (SSSR count). The topological polar surface area (TPSA) is 76.0 Å². The van der Waals surface area contributed by atoms with Gasteiger partial charge in [0.25, 0.3) is 0 Å². The maximum atomic E-state index is 12.2. The van der Waals surface area contributed by atoms with Crippen molar-refractivity contribution < 1.29 is 19.1 Å². The van der Waals surface area contributed by atoms with Gasteiger partial charge in [-0.3, -0.25) is 14.4 Å². The van der Waals surface area contributed by atoms with Gasteiger partial charge in [-0.2, -0.15) is 5.10 Å². The minimum Gasteiger partial charge on any atom is -0.457 e. The number of nitrogens with zero attached hydrogens (tertiary/aromatic N) is 2. The molecule has 140 valence electrons. The molecule has 0 radical (unpaired) electrons. The van der Waals surface area contributed by atoms with Gasteiger partial charge < -0.3 is 4.74 Å². The number of halogens is 1. The fraction of sp³-hybridized carbons (Fsp3) is 0.263. The van der Waals surface area contributed by atoms with Gasteiger partial charge in [-0.1, -0.05) is 41.9 Å². The van der Waals surface area contributed by atoms with Crippen LogP contribution in [0.4, 0.5) is 0 Å². The molecule has 1 aliphatic rings. The molecule has 27 heavy (non-hydrogen) atoms. The van der Waals surface area contributed by atoms with Crippen LogP contribution in [0.25, 0.3) is 0 Å². The van der Waals surface area contributed by atoms with Crippen molar-refractivity contribution in [1.29, 1.82) is 0 Å². The molecule has 0 aliphatic carbocycles. The Morgan fingerprint density at radius 3 is 2.59 bits per heavy atom. The first-order valence-electron chi connectivity index (χ1n) is 8.40. The quantitative estimate of drug-likeness (QED) is 0.522. The maximum Gasteiger partial charge on any atom is 0.306 e. The van der Waals surface area contributed by atoms with Gasteiger partial charge in [-0.05, 0) is 17.7 Å². The fourth-order valence-corrected chi connectivity index (χ4v) is 3.53. The highest BCUT2D eigenvalue weighted by molar-refractivity contribution is 7.18. The maximum absolute atomic E-state index is 12.2. The number of benzene rings is 1. The number of thiophene rings is 1. The fourth-order valence-electron chi connectivity index (χ4n) is 2.56. The third-order valence-corrected chi connectivity index (χ3v) is 5.22. The minimum absolute atomic E-state index is 0.0105. The summed E-state index contributed by atoms with van der Waals surface area (Å²) < 4.78 is 5.44. The molecule has 1 aromatic heterocycles. The summed E-state index contributed by atoms with van der Waals surface area (Å²) >= 11 is 6.90. The van der Waals surface area contributed by atoms with Crippen LogP contribution >= 0.6 is 22.9 Å². The van der Waals surface area contributed by atoms with Gasteiger partial charge in [0.15, 0.2) is 6.61 Å². The second kappa shape index (κ2) is 8.92. The van der Waals surface area contributed by atoms with E-state index < -0.39 is 5.97 Å².